The van der Waals surface area contributed by atoms with Crippen molar-refractivity contribution in [2.45, 2.75) is 18.9 Å². The van der Waals surface area contributed by atoms with Gasteiger partial charge in [-0.1, -0.05) is 36.4 Å². The van der Waals surface area contributed by atoms with E-state index in [0.29, 0.717) is 11.5 Å². The molecule has 1 N–H and O–H groups in total. The first kappa shape index (κ1) is 18.4. The minimum Gasteiger partial charge on any atom is -0.379 e. The van der Waals surface area contributed by atoms with E-state index in [4.69, 9.17) is 4.74 Å². The maximum Gasteiger partial charge on any atom is 0.256 e. The molecule has 2 aromatic carbocycles. The predicted molar refractivity (Wildman–Crippen MR) is 105 cm³/mol. The number of hydrogen-bond donors (Lipinski definition) is 1. The fourth-order valence-corrected chi connectivity index (χ4v) is 4.18. The van der Waals surface area contributed by atoms with Crippen LogP contribution in [0.15, 0.2) is 42.5 Å². The number of aliphatic hydroxyl groups is 1. The highest BCUT2D eigenvalue weighted by Crippen LogP contribution is 2.25. The van der Waals surface area contributed by atoms with Crippen LogP contribution in [0.2, 0.25) is 0 Å². The minimum atomic E-state index is -1.08. The van der Waals surface area contributed by atoms with Gasteiger partial charge in [0.15, 0.2) is 6.10 Å². The van der Waals surface area contributed by atoms with Gasteiger partial charge in [-0.15, -0.1) is 0 Å². The van der Waals surface area contributed by atoms with Gasteiger partial charge >= 0.3 is 0 Å². The lowest BCUT2D eigenvalue weighted by atomic mass is 9.95. The lowest BCUT2D eigenvalue weighted by molar-refractivity contribution is -0.142. The van der Waals surface area contributed by atoms with Crippen LogP contribution in [0, 0.1) is 5.92 Å². The smallest absolute Gasteiger partial charge is 0.256 e. The molecule has 4 rings (SSSR count). The predicted octanol–water partition coefficient (Wildman–Crippen LogP) is 2.44. The lowest BCUT2D eigenvalue weighted by Crippen LogP contribution is -2.45. The van der Waals surface area contributed by atoms with E-state index in [9.17, 15) is 9.90 Å². The molecule has 0 aliphatic carbocycles. The summed E-state index contributed by atoms with van der Waals surface area (Å²) < 4.78 is 5.41. The number of rotatable bonds is 4. The van der Waals surface area contributed by atoms with E-state index < -0.39 is 6.10 Å². The van der Waals surface area contributed by atoms with Crippen LogP contribution in [0.3, 0.4) is 0 Å². The summed E-state index contributed by atoms with van der Waals surface area (Å²) in [5.41, 5.74) is 0.675. The number of carbonyl (C=O) groups is 1. The zero-order chi connectivity index (χ0) is 18.6. The Balaban J connectivity index is 1.33. The Bertz CT molecular complexity index is 780. The normalized spacial score (nSPS) is 20.7. The topological polar surface area (TPSA) is 53.0 Å². The van der Waals surface area contributed by atoms with Crippen LogP contribution in [0.25, 0.3) is 10.8 Å². The van der Waals surface area contributed by atoms with Crippen LogP contribution in [0.1, 0.15) is 24.5 Å². The summed E-state index contributed by atoms with van der Waals surface area (Å²) in [4.78, 5) is 17.1. The number of fused-ring (bicyclic) bond motifs is 1. The number of nitrogens with zero attached hydrogens (tertiary/aromatic N) is 2. The Hall–Kier alpha value is -1.95. The average Bonchev–Trinajstić information content (AvgIpc) is 2.73. The number of morpholine rings is 1. The SMILES string of the molecule is O=C([C@H](O)c1ccc2ccccc2c1)N1CCC(CN2CCOCC2)CC1. The standard InChI is InChI=1S/C22H28N2O3/c25-21(20-6-5-18-3-1-2-4-19(18)15-20)22(26)24-9-7-17(8-10-24)16-23-11-13-27-14-12-23/h1-6,15,17,21,25H,7-14,16H2/t21-/m1/s1. The highest BCUT2D eigenvalue weighted by Gasteiger charge is 2.29. The van der Waals surface area contributed by atoms with Crippen molar-refractivity contribution in [3.63, 3.8) is 0 Å². The molecule has 5 nitrogen and oxygen atoms in total. The molecular formula is C22H28N2O3. The molecule has 5 heteroatoms. The van der Waals surface area contributed by atoms with Gasteiger partial charge in [-0.3, -0.25) is 9.69 Å². The third kappa shape index (κ3) is 4.32. The van der Waals surface area contributed by atoms with Crippen LogP contribution >= 0.6 is 0 Å². The molecule has 0 saturated carbocycles. The number of ether oxygens (including phenoxy) is 1. The third-order valence-corrected chi connectivity index (χ3v) is 5.87. The van der Waals surface area contributed by atoms with Crippen LogP contribution in [-0.2, 0) is 9.53 Å². The number of benzene rings is 2. The van der Waals surface area contributed by atoms with Crippen LogP contribution in [0.5, 0.6) is 0 Å². The van der Waals surface area contributed by atoms with Gasteiger partial charge in [0.2, 0.25) is 0 Å². The Morgan fingerprint density at radius 1 is 1.04 bits per heavy atom. The molecular weight excluding hydrogens is 340 g/mol. The van der Waals surface area contributed by atoms with Gasteiger partial charge in [0, 0.05) is 32.7 Å². The van der Waals surface area contributed by atoms with E-state index >= 15 is 0 Å². The van der Waals surface area contributed by atoms with Crippen molar-refractivity contribution in [1.82, 2.24) is 9.80 Å². The average molecular weight is 368 g/mol. The molecule has 2 aliphatic rings. The van der Waals surface area contributed by atoms with Crippen LogP contribution in [0.4, 0.5) is 0 Å². The maximum absolute atomic E-state index is 12.8. The highest BCUT2D eigenvalue weighted by molar-refractivity contribution is 5.87. The van der Waals surface area contributed by atoms with Gasteiger partial charge in [0.25, 0.3) is 5.91 Å². The fourth-order valence-electron chi connectivity index (χ4n) is 4.18. The van der Waals surface area contributed by atoms with Crippen molar-refractivity contribution in [2.24, 2.45) is 5.92 Å². The number of amides is 1. The first-order valence-corrected chi connectivity index (χ1v) is 9.96. The highest BCUT2D eigenvalue weighted by atomic mass is 16.5. The lowest BCUT2D eigenvalue weighted by Gasteiger charge is -2.36. The van der Waals surface area contributed by atoms with Gasteiger partial charge < -0.3 is 14.7 Å². The summed E-state index contributed by atoms with van der Waals surface area (Å²) in [6.07, 6.45) is 0.937. The molecule has 0 spiro atoms. The van der Waals surface area contributed by atoms with Crippen molar-refractivity contribution >= 4 is 16.7 Å². The fraction of sp³-hybridized carbons (Fsp3) is 0.500. The molecule has 0 unspecified atom stereocenters. The molecule has 1 amide bonds. The van der Waals surface area contributed by atoms with Gasteiger partial charge in [-0.05, 0) is 41.2 Å². The van der Waals surface area contributed by atoms with E-state index in [2.05, 4.69) is 4.90 Å². The molecule has 2 fully saturated rings. The van der Waals surface area contributed by atoms with Crippen LogP contribution in [-0.4, -0.2) is 66.8 Å². The third-order valence-electron chi connectivity index (χ3n) is 5.87. The zero-order valence-electron chi connectivity index (χ0n) is 15.7. The molecule has 2 aromatic rings. The van der Waals surface area contributed by atoms with Gasteiger partial charge in [0.05, 0.1) is 13.2 Å². The molecule has 2 saturated heterocycles. The molecule has 2 heterocycles. The van der Waals surface area contributed by atoms with Crippen molar-refractivity contribution in [3.05, 3.63) is 48.0 Å². The summed E-state index contributed by atoms with van der Waals surface area (Å²) in [6.45, 7) is 6.25. The summed E-state index contributed by atoms with van der Waals surface area (Å²) in [5.74, 6) is 0.458. The second-order valence-electron chi connectivity index (χ2n) is 7.69. The molecule has 2 aliphatic heterocycles. The van der Waals surface area contributed by atoms with E-state index in [-0.39, 0.29) is 5.91 Å². The first-order valence-electron chi connectivity index (χ1n) is 9.96. The molecule has 0 bridgehead atoms. The number of piperidine rings is 1. The van der Waals surface area contributed by atoms with Gasteiger partial charge in [-0.2, -0.15) is 0 Å². The molecule has 144 valence electrons. The molecule has 27 heavy (non-hydrogen) atoms. The van der Waals surface area contributed by atoms with E-state index in [0.717, 1.165) is 69.6 Å². The minimum absolute atomic E-state index is 0.171. The summed E-state index contributed by atoms with van der Waals surface area (Å²) in [5, 5.41) is 12.8. The Labute approximate surface area is 160 Å². The van der Waals surface area contributed by atoms with Crippen molar-refractivity contribution in [1.29, 1.82) is 0 Å². The van der Waals surface area contributed by atoms with E-state index in [1.807, 2.05) is 47.4 Å². The molecule has 0 radical (unpaired) electrons. The second kappa shape index (κ2) is 8.38. The monoisotopic (exact) mass is 368 g/mol. The van der Waals surface area contributed by atoms with Crippen LogP contribution < -0.4 is 0 Å². The van der Waals surface area contributed by atoms with Gasteiger partial charge in [0.1, 0.15) is 0 Å². The zero-order valence-corrected chi connectivity index (χ0v) is 15.7. The number of hydrogen-bond acceptors (Lipinski definition) is 4. The summed E-state index contributed by atoms with van der Waals surface area (Å²) in [7, 11) is 0. The molecule has 0 aromatic heterocycles. The number of aliphatic hydroxyl groups excluding tert-OH is 1. The van der Waals surface area contributed by atoms with E-state index in [1.165, 1.54) is 0 Å². The van der Waals surface area contributed by atoms with Crippen molar-refractivity contribution in [3.8, 4) is 0 Å². The Morgan fingerprint density at radius 2 is 1.74 bits per heavy atom. The van der Waals surface area contributed by atoms with Crippen molar-refractivity contribution < 1.29 is 14.6 Å². The number of likely N-dealkylation sites (tertiary alicyclic amines) is 1. The number of carbonyl (C=O) groups excluding carboxylic acids is 1. The van der Waals surface area contributed by atoms with E-state index in [1.54, 1.807) is 0 Å². The van der Waals surface area contributed by atoms with Crippen molar-refractivity contribution in [2.75, 3.05) is 45.9 Å². The first-order chi connectivity index (χ1) is 13.2. The summed E-state index contributed by atoms with van der Waals surface area (Å²) >= 11 is 0. The largest absolute Gasteiger partial charge is 0.379 e. The molecule has 1 atom stereocenters. The maximum atomic E-state index is 12.8. The van der Waals surface area contributed by atoms with Gasteiger partial charge in [-0.25, -0.2) is 0 Å². The quantitative estimate of drug-likeness (QED) is 0.901. The Morgan fingerprint density at radius 3 is 2.48 bits per heavy atom. The second-order valence-corrected chi connectivity index (χ2v) is 7.69. The Kier molecular flexibility index (Phi) is 5.72. The summed E-state index contributed by atoms with van der Waals surface area (Å²) in [6, 6.07) is 13.7.